The van der Waals surface area contributed by atoms with Crippen LogP contribution in [0.15, 0.2) is 89.8 Å². The zero-order chi connectivity index (χ0) is 19.8. The molecule has 4 nitrogen and oxygen atoms in total. The molecule has 146 valence electrons. The zero-order valence-corrected chi connectivity index (χ0v) is 16.8. The number of sulfonamides is 1. The quantitative estimate of drug-likeness (QED) is 0.489. The highest BCUT2D eigenvalue weighted by atomic mass is 32.2. The summed E-state index contributed by atoms with van der Waals surface area (Å²) in [5.41, 5.74) is 4.32. The highest BCUT2D eigenvalue weighted by Gasteiger charge is 2.27. The molecule has 0 saturated heterocycles. The fourth-order valence-corrected chi connectivity index (χ4v) is 5.58. The summed E-state index contributed by atoms with van der Waals surface area (Å²) in [5.74, 6) is 0. The maximum atomic E-state index is 13.3. The fourth-order valence-electron chi connectivity index (χ4n) is 4.13. The van der Waals surface area contributed by atoms with Crippen LogP contribution in [-0.2, 0) is 23.1 Å². The van der Waals surface area contributed by atoms with Crippen LogP contribution in [0.1, 0.15) is 12.1 Å². The van der Waals surface area contributed by atoms with Crippen molar-refractivity contribution in [1.82, 2.24) is 8.87 Å². The highest BCUT2D eigenvalue weighted by Crippen LogP contribution is 2.28. The Kier molecular flexibility index (Phi) is 4.49. The van der Waals surface area contributed by atoms with E-state index >= 15 is 0 Å². The standard InChI is InChI=1S/C24H22N2O2S/c27-29(28,23-13-11-20(12-14-23)19-7-2-1-3-8-19)25-15-6-16-26-22(18-25)17-21-9-4-5-10-24(21)26/h1-5,7-14,17H,6,15-16,18H2. The van der Waals surface area contributed by atoms with Gasteiger partial charge in [-0.1, -0.05) is 60.7 Å². The lowest BCUT2D eigenvalue weighted by Gasteiger charge is -2.20. The van der Waals surface area contributed by atoms with Crippen LogP contribution in [0.4, 0.5) is 0 Å². The van der Waals surface area contributed by atoms with Crippen LogP contribution in [0.2, 0.25) is 0 Å². The van der Waals surface area contributed by atoms with Crippen molar-refractivity contribution in [3.8, 4) is 11.1 Å². The molecule has 4 aromatic rings. The van der Waals surface area contributed by atoms with Crippen LogP contribution in [0.3, 0.4) is 0 Å². The average Bonchev–Trinajstić information content (AvgIpc) is 2.96. The van der Waals surface area contributed by atoms with Crippen molar-refractivity contribution in [2.45, 2.75) is 24.4 Å². The van der Waals surface area contributed by atoms with Gasteiger partial charge < -0.3 is 4.57 Å². The first-order chi connectivity index (χ1) is 14.1. The minimum atomic E-state index is -3.54. The third-order valence-corrected chi connectivity index (χ3v) is 7.48. The molecule has 5 heteroatoms. The number of aryl methyl sites for hydroxylation is 1. The van der Waals surface area contributed by atoms with Crippen molar-refractivity contribution in [3.63, 3.8) is 0 Å². The number of hydrogen-bond acceptors (Lipinski definition) is 2. The van der Waals surface area contributed by atoms with E-state index in [2.05, 4.69) is 22.8 Å². The van der Waals surface area contributed by atoms with Gasteiger partial charge in [-0.15, -0.1) is 0 Å². The molecule has 0 aliphatic carbocycles. The summed E-state index contributed by atoms with van der Waals surface area (Å²) < 4.78 is 30.5. The first kappa shape index (κ1) is 18.2. The molecule has 29 heavy (non-hydrogen) atoms. The van der Waals surface area contributed by atoms with Gasteiger partial charge in [0, 0.05) is 24.3 Å². The minimum absolute atomic E-state index is 0.349. The molecule has 2 heterocycles. The van der Waals surface area contributed by atoms with Gasteiger partial charge in [0.15, 0.2) is 0 Å². The third kappa shape index (κ3) is 3.26. The van der Waals surface area contributed by atoms with Gasteiger partial charge in [-0.3, -0.25) is 0 Å². The van der Waals surface area contributed by atoms with Crippen molar-refractivity contribution in [2.75, 3.05) is 6.54 Å². The topological polar surface area (TPSA) is 42.3 Å². The van der Waals surface area contributed by atoms with Gasteiger partial charge >= 0.3 is 0 Å². The molecule has 1 aliphatic heterocycles. The summed E-state index contributed by atoms with van der Waals surface area (Å²) >= 11 is 0. The maximum Gasteiger partial charge on any atom is 0.243 e. The van der Waals surface area contributed by atoms with Gasteiger partial charge in [-0.05, 0) is 47.2 Å². The molecule has 0 unspecified atom stereocenters. The summed E-state index contributed by atoms with van der Waals surface area (Å²) in [6.45, 7) is 1.76. The summed E-state index contributed by atoms with van der Waals surface area (Å²) in [6, 6.07) is 27.5. The van der Waals surface area contributed by atoms with E-state index in [9.17, 15) is 8.42 Å². The Morgan fingerprint density at radius 1 is 0.724 bits per heavy atom. The zero-order valence-electron chi connectivity index (χ0n) is 16.0. The molecule has 0 saturated carbocycles. The van der Waals surface area contributed by atoms with E-state index in [1.165, 1.54) is 5.52 Å². The Balaban J connectivity index is 1.46. The van der Waals surface area contributed by atoms with E-state index in [4.69, 9.17) is 0 Å². The van der Waals surface area contributed by atoms with Crippen molar-refractivity contribution < 1.29 is 8.42 Å². The largest absolute Gasteiger partial charge is 0.343 e. The van der Waals surface area contributed by atoms with Crippen LogP contribution in [0.25, 0.3) is 22.0 Å². The summed E-state index contributed by atoms with van der Waals surface area (Å²) in [6.07, 6.45) is 0.799. The van der Waals surface area contributed by atoms with E-state index in [1.807, 2.05) is 54.6 Å². The van der Waals surface area contributed by atoms with Gasteiger partial charge in [0.05, 0.1) is 11.4 Å². The van der Waals surface area contributed by atoms with Gasteiger partial charge in [0.2, 0.25) is 10.0 Å². The molecule has 0 radical (unpaired) electrons. The number of rotatable bonds is 3. The molecular weight excluding hydrogens is 380 g/mol. The molecule has 3 aromatic carbocycles. The Hall–Kier alpha value is -2.89. The Bertz CT molecular complexity index is 1260. The van der Waals surface area contributed by atoms with Gasteiger partial charge in [0.1, 0.15) is 0 Å². The van der Waals surface area contributed by atoms with Crippen molar-refractivity contribution in [1.29, 1.82) is 0 Å². The molecule has 1 aliphatic rings. The number of aromatic nitrogens is 1. The number of benzene rings is 3. The summed E-state index contributed by atoms with van der Waals surface area (Å²) in [4.78, 5) is 0.349. The Morgan fingerprint density at radius 2 is 1.41 bits per heavy atom. The SMILES string of the molecule is O=S(=O)(c1ccc(-c2ccccc2)cc1)N1CCCn2c(cc3ccccc32)C1. The van der Waals surface area contributed by atoms with E-state index in [1.54, 1.807) is 16.4 Å². The van der Waals surface area contributed by atoms with Crippen LogP contribution in [0, 0.1) is 0 Å². The van der Waals surface area contributed by atoms with Gasteiger partial charge in [-0.25, -0.2) is 8.42 Å². The summed E-state index contributed by atoms with van der Waals surface area (Å²) in [7, 11) is -3.54. The monoisotopic (exact) mass is 402 g/mol. The van der Waals surface area contributed by atoms with E-state index in [0.29, 0.717) is 18.0 Å². The summed E-state index contributed by atoms with van der Waals surface area (Å²) in [5, 5.41) is 1.16. The van der Waals surface area contributed by atoms with E-state index in [-0.39, 0.29) is 0 Å². The predicted octanol–water partition coefficient (Wildman–Crippen LogP) is 4.90. The number of nitrogens with zero attached hydrogens (tertiary/aromatic N) is 2. The lowest BCUT2D eigenvalue weighted by atomic mass is 10.1. The second-order valence-corrected chi connectivity index (χ2v) is 9.37. The third-order valence-electron chi connectivity index (χ3n) is 5.62. The van der Waals surface area contributed by atoms with Crippen LogP contribution < -0.4 is 0 Å². The van der Waals surface area contributed by atoms with Crippen LogP contribution in [-0.4, -0.2) is 23.8 Å². The molecule has 1 aromatic heterocycles. The van der Waals surface area contributed by atoms with Gasteiger partial charge in [-0.2, -0.15) is 4.31 Å². The van der Waals surface area contributed by atoms with Crippen molar-refractivity contribution in [3.05, 3.63) is 90.6 Å². The molecular formula is C24H22N2O2S. The molecule has 5 rings (SSSR count). The molecule has 0 atom stereocenters. The Labute approximate surface area is 171 Å². The Morgan fingerprint density at radius 3 is 2.21 bits per heavy atom. The van der Waals surface area contributed by atoms with E-state index < -0.39 is 10.0 Å². The van der Waals surface area contributed by atoms with Gasteiger partial charge in [0.25, 0.3) is 0 Å². The maximum absolute atomic E-state index is 13.3. The lowest BCUT2D eigenvalue weighted by molar-refractivity contribution is 0.410. The molecule has 0 bridgehead atoms. The smallest absolute Gasteiger partial charge is 0.243 e. The first-order valence-electron chi connectivity index (χ1n) is 9.86. The van der Waals surface area contributed by atoms with Crippen molar-refractivity contribution >= 4 is 20.9 Å². The molecule has 0 amide bonds. The number of para-hydroxylation sites is 1. The molecule has 0 fully saturated rings. The number of hydrogen-bond donors (Lipinski definition) is 0. The van der Waals surface area contributed by atoms with E-state index in [0.717, 1.165) is 35.2 Å². The minimum Gasteiger partial charge on any atom is -0.343 e. The highest BCUT2D eigenvalue weighted by molar-refractivity contribution is 7.89. The normalized spacial score (nSPS) is 15.2. The van der Waals surface area contributed by atoms with Crippen LogP contribution >= 0.6 is 0 Å². The first-order valence-corrected chi connectivity index (χ1v) is 11.3. The lowest BCUT2D eigenvalue weighted by Crippen LogP contribution is -2.30. The van der Waals surface area contributed by atoms with Crippen molar-refractivity contribution in [2.24, 2.45) is 0 Å². The second-order valence-electron chi connectivity index (χ2n) is 7.43. The molecule has 0 spiro atoms. The molecule has 0 N–H and O–H groups in total. The average molecular weight is 403 g/mol. The van der Waals surface area contributed by atoms with Crippen LogP contribution in [0.5, 0.6) is 0 Å². The number of fused-ring (bicyclic) bond motifs is 3. The predicted molar refractivity (Wildman–Crippen MR) is 116 cm³/mol. The second kappa shape index (κ2) is 7.17. The fraction of sp³-hybridized carbons (Fsp3) is 0.167.